The number of unbranched alkanes of at least 4 members (excludes halogenated alkanes) is 3. The van der Waals surface area contributed by atoms with Crippen LogP contribution in [0.15, 0.2) is 29.2 Å². The van der Waals surface area contributed by atoms with Crippen LogP contribution in [0.4, 0.5) is 4.39 Å². The van der Waals surface area contributed by atoms with Crippen LogP contribution in [0.3, 0.4) is 0 Å². The molecule has 20 heavy (non-hydrogen) atoms. The zero-order valence-corrected chi connectivity index (χ0v) is 13.0. The fraction of sp³-hybridized carbons (Fsp3) is 0.562. The molecule has 0 fully saturated rings. The Morgan fingerprint density at radius 3 is 2.65 bits per heavy atom. The Morgan fingerprint density at radius 1 is 1.25 bits per heavy atom. The van der Waals surface area contributed by atoms with Gasteiger partial charge in [-0.05, 0) is 25.5 Å². The number of hydrogen-bond acceptors (Lipinski definition) is 3. The van der Waals surface area contributed by atoms with Gasteiger partial charge in [-0.3, -0.25) is 4.79 Å². The normalized spacial score (nSPS) is 12.2. The number of benzene rings is 1. The summed E-state index contributed by atoms with van der Waals surface area (Å²) in [7, 11) is 0. The van der Waals surface area contributed by atoms with Gasteiger partial charge in [0.05, 0.1) is 6.61 Å². The summed E-state index contributed by atoms with van der Waals surface area (Å²) in [6.07, 6.45) is 5.13. The van der Waals surface area contributed by atoms with Gasteiger partial charge in [0, 0.05) is 4.90 Å². The number of thioether (sulfide) groups is 1. The molecule has 0 aromatic heterocycles. The summed E-state index contributed by atoms with van der Waals surface area (Å²) < 4.78 is 18.8. The summed E-state index contributed by atoms with van der Waals surface area (Å²) in [6.45, 7) is 4.30. The molecule has 0 spiro atoms. The van der Waals surface area contributed by atoms with Gasteiger partial charge in [-0.2, -0.15) is 0 Å². The summed E-state index contributed by atoms with van der Waals surface area (Å²) in [5, 5.41) is -0.316. The lowest BCUT2D eigenvalue weighted by atomic mass is 10.1. The van der Waals surface area contributed by atoms with E-state index in [0.29, 0.717) is 11.5 Å². The highest BCUT2D eigenvalue weighted by atomic mass is 32.2. The molecule has 0 aliphatic heterocycles. The number of rotatable bonds is 9. The average Bonchev–Trinajstić information content (AvgIpc) is 2.44. The third-order valence-electron chi connectivity index (χ3n) is 2.98. The SMILES string of the molecule is CCCCCCC(Sc1ccccc1F)C(=O)OCC. The van der Waals surface area contributed by atoms with Crippen molar-refractivity contribution in [3.05, 3.63) is 30.1 Å². The van der Waals surface area contributed by atoms with E-state index in [1.165, 1.54) is 24.2 Å². The second kappa shape index (κ2) is 9.81. The molecule has 112 valence electrons. The molecule has 1 atom stereocenters. The fourth-order valence-corrected chi connectivity index (χ4v) is 3.00. The van der Waals surface area contributed by atoms with Crippen LogP contribution < -0.4 is 0 Å². The molecule has 0 heterocycles. The molecule has 0 saturated heterocycles. The number of hydrogen-bond donors (Lipinski definition) is 0. The third kappa shape index (κ3) is 5.95. The molecule has 0 N–H and O–H groups in total. The van der Waals surface area contributed by atoms with Gasteiger partial charge in [0.1, 0.15) is 11.1 Å². The predicted octanol–water partition coefficient (Wildman–Crippen LogP) is 4.82. The summed E-state index contributed by atoms with van der Waals surface area (Å²) in [5.74, 6) is -0.516. The third-order valence-corrected chi connectivity index (χ3v) is 4.27. The van der Waals surface area contributed by atoms with Crippen molar-refractivity contribution in [3.63, 3.8) is 0 Å². The van der Waals surface area contributed by atoms with Crippen LogP contribution in [0.25, 0.3) is 0 Å². The molecule has 1 rings (SSSR count). The van der Waals surface area contributed by atoms with E-state index in [2.05, 4.69) is 6.92 Å². The zero-order valence-electron chi connectivity index (χ0n) is 12.2. The van der Waals surface area contributed by atoms with Crippen LogP contribution in [-0.2, 0) is 9.53 Å². The Labute approximate surface area is 125 Å². The molecule has 1 unspecified atom stereocenters. The maximum atomic E-state index is 13.7. The number of carbonyl (C=O) groups excluding carboxylic acids is 1. The Balaban J connectivity index is 2.62. The monoisotopic (exact) mass is 298 g/mol. The number of ether oxygens (including phenoxy) is 1. The molecule has 0 aliphatic rings. The molecule has 0 aliphatic carbocycles. The van der Waals surface area contributed by atoms with Crippen molar-refractivity contribution in [2.24, 2.45) is 0 Å². The van der Waals surface area contributed by atoms with Crippen molar-refractivity contribution in [1.82, 2.24) is 0 Å². The van der Waals surface area contributed by atoms with Gasteiger partial charge in [-0.15, -0.1) is 11.8 Å². The largest absolute Gasteiger partial charge is 0.465 e. The topological polar surface area (TPSA) is 26.3 Å². The molecule has 0 radical (unpaired) electrons. The van der Waals surface area contributed by atoms with E-state index in [1.54, 1.807) is 25.1 Å². The summed E-state index contributed by atoms with van der Waals surface area (Å²) in [4.78, 5) is 12.5. The molecular weight excluding hydrogens is 275 g/mol. The molecule has 4 heteroatoms. The van der Waals surface area contributed by atoms with E-state index in [9.17, 15) is 9.18 Å². The minimum Gasteiger partial charge on any atom is -0.465 e. The Bertz CT molecular complexity index is 409. The number of esters is 1. The maximum Gasteiger partial charge on any atom is 0.319 e. The van der Waals surface area contributed by atoms with Crippen molar-refractivity contribution in [3.8, 4) is 0 Å². The van der Waals surface area contributed by atoms with E-state index in [4.69, 9.17) is 4.74 Å². The molecule has 0 amide bonds. The maximum absolute atomic E-state index is 13.7. The highest BCUT2D eigenvalue weighted by Crippen LogP contribution is 2.29. The minimum atomic E-state index is -0.316. The second-order valence-electron chi connectivity index (χ2n) is 4.64. The van der Waals surface area contributed by atoms with Gasteiger partial charge in [-0.1, -0.05) is 44.7 Å². The van der Waals surface area contributed by atoms with Gasteiger partial charge in [-0.25, -0.2) is 4.39 Å². The van der Waals surface area contributed by atoms with Gasteiger partial charge < -0.3 is 4.74 Å². The van der Waals surface area contributed by atoms with Crippen molar-refractivity contribution in [1.29, 1.82) is 0 Å². The van der Waals surface area contributed by atoms with Crippen molar-refractivity contribution < 1.29 is 13.9 Å². The first kappa shape index (κ1) is 17.0. The van der Waals surface area contributed by atoms with Crippen molar-refractivity contribution >= 4 is 17.7 Å². The lowest BCUT2D eigenvalue weighted by Gasteiger charge is -2.15. The lowest BCUT2D eigenvalue weighted by Crippen LogP contribution is -2.20. The highest BCUT2D eigenvalue weighted by Gasteiger charge is 2.22. The van der Waals surface area contributed by atoms with E-state index < -0.39 is 0 Å². The fourth-order valence-electron chi connectivity index (χ4n) is 1.91. The van der Waals surface area contributed by atoms with Crippen molar-refractivity contribution in [2.45, 2.75) is 56.1 Å². The first-order valence-corrected chi connectivity index (χ1v) is 8.14. The van der Waals surface area contributed by atoms with Crippen LogP contribution in [0.2, 0.25) is 0 Å². The lowest BCUT2D eigenvalue weighted by molar-refractivity contribution is -0.142. The van der Waals surface area contributed by atoms with E-state index in [1.807, 2.05) is 0 Å². The molecule has 1 aromatic carbocycles. The van der Waals surface area contributed by atoms with E-state index in [0.717, 1.165) is 25.7 Å². The van der Waals surface area contributed by atoms with Crippen LogP contribution in [0.5, 0.6) is 0 Å². The van der Waals surface area contributed by atoms with E-state index >= 15 is 0 Å². The summed E-state index contributed by atoms with van der Waals surface area (Å²) in [5.41, 5.74) is 0. The van der Waals surface area contributed by atoms with Crippen LogP contribution in [-0.4, -0.2) is 17.8 Å². The Hall–Kier alpha value is -1.03. The minimum absolute atomic E-state index is 0.239. The van der Waals surface area contributed by atoms with Crippen LogP contribution in [0, 0.1) is 5.82 Å². The first-order valence-electron chi connectivity index (χ1n) is 7.26. The van der Waals surface area contributed by atoms with Gasteiger partial charge in [0.2, 0.25) is 0 Å². The molecule has 1 aromatic rings. The summed E-state index contributed by atoms with van der Waals surface area (Å²) in [6, 6.07) is 6.56. The van der Waals surface area contributed by atoms with Crippen molar-refractivity contribution in [2.75, 3.05) is 6.61 Å². The van der Waals surface area contributed by atoms with Crippen LogP contribution >= 0.6 is 11.8 Å². The summed E-state index contributed by atoms with van der Waals surface area (Å²) >= 11 is 1.27. The van der Waals surface area contributed by atoms with Gasteiger partial charge in [0.25, 0.3) is 0 Å². The number of halogens is 1. The molecule has 0 bridgehead atoms. The first-order chi connectivity index (χ1) is 9.69. The molecular formula is C16H23FO2S. The predicted molar refractivity (Wildman–Crippen MR) is 81.4 cm³/mol. The second-order valence-corrected chi connectivity index (χ2v) is 5.88. The Kier molecular flexibility index (Phi) is 8.35. The molecule has 0 saturated carbocycles. The van der Waals surface area contributed by atoms with Crippen LogP contribution in [0.1, 0.15) is 46.0 Å². The van der Waals surface area contributed by atoms with E-state index in [-0.39, 0.29) is 17.0 Å². The average molecular weight is 298 g/mol. The zero-order chi connectivity index (χ0) is 14.8. The van der Waals surface area contributed by atoms with Gasteiger partial charge in [0.15, 0.2) is 0 Å². The Morgan fingerprint density at radius 2 is 2.00 bits per heavy atom. The number of carbonyl (C=O) groups is 1. The molecule has 2 nitrogen and oxygen atoms in total. The smallest absolute Gasteiger partial charge is 0.319 e. The standard InChI is InChI=1S/C16H23FO2S/c1-3-5-6-7-12-15(16(18)19-4-2)20-14-11-9-8-10-13(14)17/h8-11,15H,3-7,12H2,1-2H3. The highest BCUT2D eigenvalue weighted by molar-refractivity contribution is 8.00. The quantitative estimate of drug-likeness (QED) is 0.371. The van der Waals surface area contributed by atoms with Gasteiger partial charge >= 0.3 is 5.97 Å².